The van der Waals surface area contributed by atoms with E-state index in [4.69, 9.17) is 0 Å². The highest BCUT2D eigenvalue weighted by Gasteiger charge is 2.37. The molecule has 1 amide bonds. The van der Waals surface area contributed by atoms with Crippen molar-refractivity contribution in [3.05, 3.63) is 30.1 Å². The predicted octanol–water partition coefficient (Wildman–Crippen LogP) is 2.46. The zero-order chi connectivity index (χ0) is 19.7. The van der Waals surface area contributed by atoms with E-state index in [9.17, 15) is 4.79 Å². The maximum absolute atomic E-state index is 12.4. The molecule has 6 nitrogen and oxygen atoms in total. The van der Waals surface area contributed by atoms with Gasteiger partial charge in [-0.1, -0.05) is 26.3 Å². The Kier molecular flexibility index (Phi) is 8.07. The van der Waals surface area contributed by atoms with E-state index in [1.54, 1.807) is 18.1 Å². The van der Waals surface area contributed by atoms with Gasteiger partial charge >= 0.3 is 0 Å². The van der Waals surface area contributed by atoms with Gasteiger partial charge in [-0.25, -0.2) is 0 Å². The summed E-state index contributed by atoms with van der Waals surface area (Å²) in [5, 5.41) is 6.58. The molecule has 0 aliphatic heterocycles. The fraction of sp³-hybridized carbons (Fsp3) is 0.667. The van der Waals surface area contributed by atoms with Crippen LogP contribution >= 0.6 is 0 Å². The lowest BCUT2D eigenvalue weighted by molar-refractivity contribution is -0.128. The maximum atomic E-state index is 12.4. The fourth-order valence-electron chi connectivity index (χ4n) is 3.73. The van der Waals surface area contributed by atoms with Crippen molar-refractivity contribution in [3.63, 3.8) is 0 Å². The smallest absolute Gasteiger partial charge is 0.241 e. The summed E-state index contributed by atoms with van der Waals surface area (Å²) in [7, 11) is 3.58. The zero-order valence-electron chi connectivity index (χ0n) is 17.3. The van der Waals surface area contributed by atoms with E-state index in [1.165, 1.54) is 25.7 Å². The molecule has 1 heterocycles. The molecule has 0 bridgehead atoms. The highest BCUT2D eigenvalue weighted by atomic mass is 16.2. The minimum absolute atomic E-state index is 0.0504. The van der Waals surface area contributed by atoms with Gasteiger partial charge in [0.15, 0.2) is 5.96 Å². The number of rotatable bonds is 9. The summed E-state index contributed by atoms with van der Waals surface area (Å²) in [4.78, 5) is 22.7. The number of aliphatic imine (C=N–C) groups is 1. The third-order valence-electron chi connectivity index (χ3n) is 5.37. The van der Waals surface area contributed by atoms with Crippen LogP contribution < -0.4 is 10.6 Å². The Labute approximate surface area is 163 Å². The molecule has 1 saturated carbocycles. The molecule has 0 radical (unpaired) electrons. The molecule has 150 valence electrons. The Bertz CT molecular complexity index is 610. The number of pyridine rings is 1. The van der Waals surface area contributed by atoms with Gasteiger partial charge in [0.2, 0.25) is 5.91 Å². The van der Waals surface area contributed by atoms with E-state index in [0.717, 1.165) is 18.7 Å². The number of nitrogens with one attached hydrogen (secondary N) is 2. The number of hydrogen-bond acceptors (Lipinski definition) is 3. The Morgan fingerprint density at radius 1 is 1.33 bits per heavy atom. The molecule has 1 aliphatic carbocycles. The van der Waals surface area contributed by atoms with E-state index in [-0.39, 0.29) is 12.5 Å². The molecule has 0 saturated heterocycles. The molecule has 0 atom stereocenters. The molecule has 1 aromatic rings. The first kappa shape index (κ1) is 21.2. The Morgan fingerprint density at radius 3 is 2.67 bits per heavy atom. The van der Waals surface area contributed by atoms with Crippen molar-refractivity contribution in [1.82, 2.24) is 20.5 Å². The van der Waals surface area contributed by atoms with Gasteiger partial charge in [0, 0.05) is 45.5 Å². The second-order valence-corrected chi connectivity index (χ2v) is 8.12. The van der Waals surface area contributed by atoms with Crippen LogP contribution in [0.4, 0.5) is 0 Å². The molecule has 0 spiro atoms. The molecule has 0 aromatic carbocycles. The van der Waals surface area contributed by atoms with Crippen LogP contribution in [0, 0.1) is 11.3 Å². The third-order valence-corrected chi connectivity index (χ3v) is 5.37. The number of likely N-dealkylation sites (N-methyl/N-ethyl adjacent to an activating group) is 1. The molecule has 2 rings (SSSR count). The highest BCUT2D eigenvalue weighted by Crippen LogP contribution is 2.45. The molecule has 2 N–H and O–H groups in total. The number of carbonyl (C=O) groups excluding carboxylic acids is 1. The van der Waals surface area contributed by atoms with Crippen molar-refractivity contribution >= 4 is 11.9 Å². The van der Waals surface area contributed by atoms with Gasteiger partial charge < -0.3 is 15.5 Å². The Balaban J connectivity index is 1.72. The Morgan fingerprint density at radius 2 is 2.11 bits per heavy atom. The monoisotopic (exact) mass is 373 g/mol. The normalized spacial score (nSPS) is 16.0. The minimum Gasteiger partial charge on any atom is -0.356 e. The second kappa shape index (κ2) is 10.3. The van der Waals surface area contributed by atoms with Gasteiger partial charge in [0.05, 0.1) is 6.54 Å². The minimum atomic E-state index is 0.0504. The fourth-order valence-corrected chi connectivity index (χ4v) is 3.73. The van der Waals surface area contributed by atoms with Crippen LogP contribution in [0.25, 0.3) is 0 Å². The van der Waals surface area contributed by atoms with Gasteiger partial charge in [-0.3, -0.25) is 14.8 Å². The maximum Gasteiger partial charge on any atom is 0.241 e. The molecule has 1 aliphatic rings. The van der Waals surface area contributed by atoms with Crippen LogP contribution in [0.5, 0.6) is 0 Å². The number of aromatic nitrogens is 1. The van der Waals surface area contributed by atoms with Crippen LogP contribution in [0.1, 0.15) is 45.2 Å². The van der Waals surface area contributed by atoms with E-state index in [0.29, 0.717) is 23.8 Å². The van der Waals surface area contributed by atoms with Gasteiger partial charge in [-0.2, -0.15) is 0 Å². The topological polar surface area (TPSA) is 69.6 Å². The number of hydrogen-bond donors (Lipinski definition) is 2. The number of amides is 1. The van der Waals surface area contributed by atoms with E-state index < -0.39 is 0 Å². The molecular formula is C21H35N5O. The van der Waals surface area contributed by atoms with Crippen LogP contribution in [0.15, 0.2) is 29.4 Å². The van der Waals surface area contributed by atoms with Gasteiger partial charge in [0.1, 0.15) is 0 Å². The van der Waals surface area contributed by atoms with Crippen molar-refractivity contribution in [3.8, 4) is 0 Å². The van der Waals surface area contributed by atoms with Crippen molar-refractivity contribution in [1.29, 1.82) is 0 Å². The molecule has 1 fully saturated rings. The average molecular weight is 374 g/mol. The van der Waals surface area contributed by atoms with Crippen molar-refractivity contribution in [2.75, 3.05) is 33.7 Å². The van der Waals surface area contributed by atoms with Crippen LogP contribution in [-0.2, 0) is 11.2 Å². The standard InChI is InChI=1S/C21H35N5O/c1-17(2)14-21(10-7-11-21)16-25-20(22-3)24-15-19(27)26(4)13-9-18-8-5-6-12-23-18/h5-6,8,12,17H,7,9-11,13-16H2,1-4H3,(H2,22,24,25). The first-order valence-electron chi connectivity index (χ1n) is 10.0. The lowest BCUT2D eigenvalue weighted by atomic mass is 9.64. The predicted molar refractivity (Wildman–Crippen MR) is 111 cm³/mol. The molecular weight excluding hydrogens is 338 g/mol. The SMILES string of the molecule is CN=C(NCC(=O)N(C)CCc1ccccn1)NCC1(CC(C)C)CCC1. The van der Waals surface area contributed by atoms with Crippen molar-refractivity contribution in [2.45, 2.75) is 46.0 Å². The second-order valence-electron chi connectivity index (χ2n) is 8.12. The summed E-state index contributed by atoms with van der Waals surface area (Å²) < 4.78 is 0. The number of nitrogens with zero attached hydrogens (tertiary/aromatic N) is 3. The summed E-state index contributed by atoms with van der Waals surface area (Å²) in [6.07, 6.45) is 7.66. The van der Waals surface area contributed by atoms with Gasteiger partial charge in [-0.05, 0) is 42.7 Å². The van der Waals surface area contributed by atoms with Gasteiger partial charge in [-0.15, -0.1) is 0 Å². The van der Waals surface area contributed by atoms with E-state index in [1.807, 2.05) is 25.2 Å². The first-order valence-corrected chi connectivity index (χ1v) is 10.0. The summed E-state index contributed by atoms with van der Waals surface area (Å²) >= 11 is 0. The summed E-state index contributed by atoms with van der Waals surface area (Å²) in [6.45, 7) is 6.39. The van der Waals surface area contributed by atoms with Gasteiger partial charge in [0.25, 0.3) is 0 Å². The lowest BCUT2D eigenvalue weighted by Gasteiger charge is -2.43. The van der Waals surface area contributed by atoms with E-state index in [2.05, 4.69) is 34.5 Å². The first-order chi connectivity index (χ1) is 12.9. The number of carbonyl (C=O) groups is 1. The van der Waals surface area contributed by atoms with Crippen LogP contribution in [0.2, 0.25) is 0 Å². The number of guanidine groups is 1. The third kappa shape index (κ3) is 6.85. The summed E-state index contributed by atoms with van der Waals surface area (Å²) in [5.74, 6) is 1.46. The largest absolute Gasteiger partial charge is 0.356 e. The molecule has 6 heteroatoms. The average Bonchev–Trinajstić information content (AvgIpc) is 2.64. The van der Waals surface area contributed by atoms with Crippen LogP contribution in [0.3, 0.4) is 0 Å². The summed E-state index contributed by atoms with van der Waals surface area (Å²) in [5.41, 5.74) is 1.40. The quantitative estimate of drug-likeness (QED) is 0.515. The summed E-state index contributed by atoms with van der Waals surface area (Å²) in [6, 6.07) is 5.85. The molecule has 1 aromatic heterocycles. The van der Waals surface area contributed by atoms with E-state index >= 15 is 0 Å². The zero-order valence-corrected chi connectivity index (χ0v) is 17.3. The Hall–Kier alpha value is -2.11. The highest BCUT2D eigenvalue weighted by molar-refractivity contribution is 5.86. The van der Waals surface area contributed by atoms with Crippen molar-refractivity contribution in [2.24, 2.45) is 16.3 Å². The van der Waals surface area contributed by atoms with Crippen LogP contribution in [-0.4, -0.2) is 55.5 Å². The lowest BCUT2D eigenvalue weighted by Crippen LogP contribution is -2.49. The molecule has 0 unspecified atom stereocenters. The molecule has 27 heavy (non-hydrogen) atoms. The van der Waals surface area contributed by atoms with Crippen molar-refractivity contribution < 1.29 is 4.79 Å².